The van der Waals surface area contributed by atoms with Gasteiger partial charge in [-0.05, 0) is 30.0 Å². The standard InChI is InChI=1S/C18H34O2Si/c1-10-14-16(13(2)3)15(19)11-18(14,7)12-20-21(8,9)17(4,5)6/h10,13-14,16H,1,11-12H2,2-9H3/t14-,16-,18+/m1/s1. The molecule has 122 valence electrons. The Morgan fingerprint density at radius 3 is 2.33 bits per heavy atom. The number of Topliss-reactive ketones (excluding diaryl/α,β-unsaturated/α-hetero) is 1. The normalized spacial score (nSPS) is 31.0. The molecule has 0 aromatic rings. The van der Waals surface area contributed by atoms with Crippen LogP contribution in [-0.2, 0) is 9.22 Å². The van der Waals surface area contributed by atoms with Gasteiger partial charge in [-0.3, -0.25) is 4.79 Å². The number of carbonyl (C=O) groups is 1. The Kier molecular flexibility index (Phi) is 5.32. The van der Waals surface area contributed by atoms with Gasteiger partial charge in [-0.1, -0.05) is 47.6 Å². The minimum atomic E-state index is -1.78. The molecule has 1 aliphatic carbocycles. The summed E-state index contributed by atoms with van der Waals surface area (Å²) < 4.78 is 6.43. The summed E-state index contributed by atoms with van der Waals surface area (Å²) in [6, 6.07) is 0. The molecule has 0 heterocycles. The van der Waals surface area contributed by atoms with Crippen molar-refractivity contribution in [3.63, 3.8) is 0 Å². The van der Waals surface area contributed by atoms with Crippen molar-refractivity contribution < 1.29 is 9.22 Å². The minimum absolute atomic E-state index is 0.0940. The number of hydrogen-bond acceptors (Lipinski definition) is 2. The van der Waals surface area contributed by atoms with Crippen LogP contribution in [0.4, 0.5) is 0 Å². The van der Waals surface area contributed by atoms with Gasteiger partial charge in [-0.15, -0.1) is 6.58 Å². The van der Waals surface area contributed by atoms with Gasteiger partial charge < -0.3 is 4.43 Å². The highest BCUT2D eigenvalue weighted by atomic mass is 28.4. The highest BCUT2D eigenvalue weighted by Gasteiger charge is 2.51. The second kappa shape index (κ2) is 6.00. The van der Waals surface area contributed by atoms with Crippen molar-refractivity contribution in [2.75, 3.05) is 6.61 Å². The first-order valence-electron chi connectivity index (χ1n) is 8.15. The van der Waals surface area contributed by atoms with Gasteiger partial charge in [-0.25, -0.2) is 0 Å². The predicted molar refractivity (Wildman–Crippen MR) is 92.9 cm³/mol. The summed E-state index contributed by atoms with van der Waals surface area (Å²) in [6.45, 7) is 22.5. The second-order valence-electron chi connectivity index (χ2n) is 8.88. The van der Waals surface area contributed by atoms with E-state index in [1.54, 1.807) is 0 Å². The highest BCUT2D eigenvalue weighted by molar-refractivity contribution is 6.74. The van der Waals surface area contributed by atoms with E-state index in [1.807, 2.05) is 6.08 Å². The smallest absolute Gasteiger partial charge is 0.192 e. The molecule has 0 aromatic carbocycles. The lowest BCUT2D eigenvalue weighted by atomic mass is 9.75. The molecule has 0 spiro atoms. The molecule has 1 aliphatic rings. The predicted octanol–water partition coefficient (Wildman–Crippen LogP) is 5.06. The lowest BCUT2D eigenvalue weighted by molar-refractivity contribution is -0.122. The van der Waals surface area contributed by atoms with E-state index in [-0.39, 0.29) is 22.3 Å². The topological polar surface area (TPSA) is 26.3 Å². The van der Waals surface area contributed by atoms with E-state index in [4.69, 9.17) is 4.43 Å². The number of ketones is 1. The Balaban J connectivity index is 2.92. The van der Waals surface area contributed by atoms with E-state index in [0.29, 0.717) is 24.7 Å². The van der Waals surface area contributed by atoms with Crippen LogP contribution in [-0.4, -0.2) is 20.7 Å². The van der Waals surface area contributed by atoms with Gasteiger partial charge in [0.15, 0.2) is 8.32 Å². The Morgan fingerprint density at radius 1 is 1.43 bits per heavy atom. The van der Waals surface area contributed by atoms with Crippen molar-refractivity contribution in [3.05, 3.63) is 12.7 Å². The summed E-state index contributed by atoms with van der Waals surface area (Å²) in [6.07, 6.45) is 2.62. The molecule has 0 amide bonds. The van der Waals surface area contributed by atoms with Crippen molar-refractivity contribution in [3.8, 4) is 0 Å². The Bertz CT molecular complexity index is 406. The highest BCUT2D eigenvalue weighted by Crippen LogP contribution is 2.49. The van der Waals surface area contributed by atoms with Gasteiger partial charge >= 0.3 is 0 Å². The zero-order valence-corrected chi connectivity index (χ0v) is 16.2. The largest absolute Gasteiger partial charge is 0.416 e. The SMILES string of the molecule is C=C[C@@H]1[C@@H](C(C)C)C(=O)C[C@@]1(C)CO[Si](C)(C)C(C)(C)C. The third kappa shape index (κ3) is 3.68. The Hall–Kier alpha value is -0.413. The van der Waals surface area contributed by atoms with Crippen LogP contribution in [0.3, 0.4) is 0 Å². The molecule has 1 fully saturated rings. The summed E-state index contributed by atoms with van der Waals surface area (Å²) >= 11 is 0. The van der Waals surface area contributed by atoms with E-state index in [2.05, 4.69) is 61.2 Å². The van der Waals surface area contributed by atoms with E-state index < -0.39 is 8.32 Å². The van der Waals surface area contributed by atoms with Crippen LogP contribution in [0, 0.1) is 23.2 Å². The number of rotatable bonds is 5. The third-order valence-corrected chi connectivity index (χ3v) is 10.2. The average molecular weight is 311 g/mol. The maximum Gasteiger partial charge on any atom is 0.192 e. The Labute approximate surface area is 132 Å². The number of carbonyl (C=O) groups excluding carboxylic acids is 1. The van der Waals surface area contributed by atoms with Gasteiger partial charge in [0.2, 0.25) is 0 Å². The van der Waals surface area contributed by atoms with Gasteiger partial charge in [0.1, 0.15) is 5.78 Å². The van der Waals surface area contributed by atoms with E-state index in [0.717, 1.165) is 0 Å². The van der Waals surface area contributed by atoms with Crippen LogP contribution in [0.25, 0.3) is 0 Å². The van der Waals surface area contributed by atoms with Gasteiger partial charge in [0.05, 0.1) is 0 Å². The van der Waals surface area contributed by atoms with Gasteiger partial charge in [-0.2, -0.15) is 0 Å². The maximum atomic E-state index is 12.4. The van der Waals surface area contributed by atoms with Crippen molar-refractivity contribution in [1.29, 1.82) is 0 Å². The molecular weight excluding hydrogens is 276 g/mol. The molecule has 0 aliphatic heterocycles. The molecule has 0 aromatic heterocycles. The van der Waals surface area contributed by atoms with Crippen LogP contribution in [0.2, 0.25) is 18.1 Å². The monoisotopic (exact) mass is 310 g/mol. The molecule has 3 atom stereocenters. The molecule has 3 heteroatoms. The summed E-state index contributed by atoms with van der Waals surface area (Å²) in [5.41, 5.74) is -0.0940. The maximum absolute atomic E-state index is 12.4. The van der Waals surface area contributed by atoms with Gasteiger partial charge in [0.25, 0.3) is 0 Å². The average Bonchev–Trinajstić information content (AvgIpc) is 2.56. The molecule has 0 unspecified atom stereocenters. The lowest BCUT2D eigenvalue weighted by Crippen LogP contribution is -2.44. The first-order chi connectivity index (χ1) is 9.35. The molecular formula is C18H34O2Si. The van der Waals surface area contributed by atoms with E-state index in [1.165, 1.54) is 0 Å². The minimum Gasteiger partial charge on any atom is -0.416 e. The van der Waals surface area contributed by atoms with Crippen LogP contribution >= 0.6 is 0 Å². The quantitative estimate of drug-likeness (QED) is 0.524. The molecule has 0 saturated heterocycles. The molecule has 21 heavy (non-hydrogen) atoms. The fourth-order valence-electron chi connectivity index (χ4n) is 3.19. The first kappa shape index (κ1) is 18.6. The van der Waals surface area contributed by atoms with Crippen LogP contribution in [0.15, 0.2) is 12.7 Å². The summed E-state index contributed by atoms with van der Waals surface area (Å²) in [4.78, 5) is 12.4. The molecule has 0 radical (unpaired) electrons. The van der Waals surface area contributed by atoms with Crippen molar-refractivity contribution in [2.24, 2.45) is 23.2 Å². The lowest BCUT2D eigenvalue weighted by Gasteiger charge is -2.40. The van der Waals surface area contributed by atoms with Gasteiger partial charge in [0, 0.05) is 24.4 Å². The summed E-state index contributed by atoms with van der Waals surface area (Å²) in [5, 5.41) is 0.201. The van der Waals surface area contributed by atoms with Crippen LogP contribution < -0.4 is 0 Å². The van der Waals surface area contributed by atoms with E-state index >= 15 is 0 Å². The fourth-order valence-corrected chi connectivity index (χ4v) is 4.32. The molecule has 2 nitrogen and oxygen atoms in total. The van der Waals surface area contributed by atoms with E-state index in [9.17, 15) is 4.79 Å². The van der Waals surface area contributed by atoms with Crippen LogP contribution in [0.1, 0.15) is 48.0 Å². The van der Waals surface area contributed by atoms with Crippen molar-refractivity contribution in [1.82, 2.24) is 0 Å². The molecule has 1 saturated carbocycles. The first-order valence-corrected chi connectivity index (χ1v) is 11.1. The fraction of sp³-hybridized carbons (Fsp3) is 0.833. The molecule has 0 bridgehead atoms. The molecule has 0 N–H and O–H groups in total. The number of hydrogen-bond donors (Lipinski definition) is 0. The second-order valence-corrected chi connectivity index (χ2v) is 13.7. The Morgan fingerprint density at radius 2 is 1.95 bits per heavy atom. The van der Waals surface area contributed by atoms with Crippen molar-refractivity contribution in [2.45, 2.75) is 66.1 Å². The van der Waals surface area contributed by atoms with Crippen molar-refractivity contribution >= 4 is 14.1 Å². The molecule has 1 rings (SSSR count). The zero-order valence-electron chi connectivity index (χ0n) is 15.2. The third-order valence-electron chi connectivity index (χ3n) is 5.68. The zero-order chi connectivity index (χ0) is 16.6. The van der Waals surface area contributed by atoms with Crippen LogP contribution in [0.5, 0.6) is 0 Å². The summed E-state index contributed by atoms with van der Waals surface area (Å²) in [5.74, 6) is 1.09. The summed E-state index contributed by atoms with van der Waals surface area (Å²) in [7, 11) is -1.78. The number of allylic oxidation sites excluding steroid dienone is 1.